The lowest BCUT2D eigenvalue weighted by Crippen LogP contribution is -2.54. The molecule has 5 fully saturated rings. The van der Waals surface area contributed by atoms with E-state index in [2.05, 4.69) is 49.6 Å². The highest BCUT2D eigenvalue weighted by molar-refractivity contribution is 7.99. The summed E-state index contributed by atoms with van der Waals surface area (Å²) in [6.45, 7) is 6.72. The zero-order valence-corrected chi connectivity index (χ0v) is 39.5. The largest absolute Gasteiger partial charge is 0.501 e. The average molecular weight is 965 g/mol. The number of likely N-dealkylation sites (tertiary alicyclic amines) is 1. The van der Waals surface area contributed by atoms with Crippen LogP contribution in [0.3, 0.4) is 0 Å². The van der Waals surface area contributed by atoms with Gasteiger partial charge in [0.2, 0.25) is 0 Å². The van der Waals surface area contributed by atoms with Crippen molar-refractivity contribution in [2.24, 2.45) is 5.41 Å². The van der Waals surface area contributed by atoms with E-state index < -0.39 is 47.1 Å². The van der Waals surface area contributed by atoms with Crippen molar-refractivity contribution < 1.29 is 34.8 Å². The van der Waals surface area contributed by atoms with E-state index in [4.69, 9.17) is 0 Å². The SMILES string of the molecule is O=C(NS(=O)(=O)c1ccc(NC(CCN2CCNCC2)CSc2ccccc2)c(S(=O)(=O)C(F)(F)F)c1)c1ccc(N2CCC3(CC2)CC(N2CCC[C@H]2c2ccccc2C2CC2)C3)cc1. The molecule has 66 heavy (non-hydrogen) atoms. The molecular weight excluding hydrogens is 906 g/mol. The van der Waals surface area contributed by atoms with Gasteiger partial charge in [-0.1, -0.05) is 42.5 Å². The summed E-state index contributed by atoms with van der Waals surface area (Å²) in [6.07, 6.45) is 10.1. The minimum atomic E-state index is -6.03. The fraction of sp³-hybridized carbons (Fsp3) is 0.490. The van der Waals surface area contributed by atoms with E-state index in [-0.39, 0.29) is 11.3 Å². The van der Waals surface area contributed by atoms with Crippen LogP contribution in [0.2, 0.25) is 0 Å². The molecule has 11 nitrogen and oxygen atoms in total. The van der Waals surface area contributed by atoms with Gasteiger partial charge >= 0.3 is 5.51 Å². The van der Waals surface area contributed by atoms with Crippen LogP contribution in [0.1, 0.15) is 91.2 Å². The molecule has 2 atom stereocenters. The summed E-state index contributed by atoms with van der Waals surface area (Å²) in [4.78, 5) is 19.6. The Hall–Kier alpha value is -4.13. The number of amides is 1. The molecular formula is C49H59F3N6O5S3. The Morgan fingerprint density at radius 2 is 1.50 bits per heavy atom. The summed E-state index contributed by atoms with van der Waals surface area (Å²) in [5, 5.41) is 6.31. The number of thioether (sulfide) groups is 1. The summed E-state index contributed by atoms with van der Waals surface area (Å²) < 4.78 is 97.9. The third kappa shape index (κ3) is 10.5. The van der Waals surface area contributed by atoms with Crippen LogP contribution in [0.15, 0.2) is 112 Å². The van der Waals surface area contributed by atoms with Gasteiger partial charge in [0.25, 0.3) is 25.8 Å². The second-order valence-corrected chi connectivity index (χ2v) is 23.5. The Morgan fingerprint density at radius 1 is 0.818 bits per heavy atom. The lowest BCUT2D eigenvalue weighted by atomic mass is 9.59. The maximum atomic E-state index is 14.2. The maximum absolute atomic E-state index is 14.2. The number of sulfone groups is 1. The predicted molar refractivity (Wildman–Crippen MR) is 253 cm³/mol. The molecule has 3 saturated heterocycles. The summed E-state index contributed by atoms with van der Waals surface area (Å²) in [5.74, 6) is 0.139. The number of benzene rings is 4. The Kier molecular flexibility index (Phi) is 13.8. The van der Waals surface area contributed by atoms with Gasteiger partial charge in [-0.15, -0.1) is 11.8 Å². The van der Waals surface area contributed by atoms with Gasteiger partial charge in [0, 0.05) is 85.8 Å². The van der Waals surface area contributed by atoms with Crippen molar-refractivity contribution in [2.75, 3.05) is 68.3 Å². The van der Waals surface area contributed by atoms with Gasteiger partial charge in [-0.05, 0) is 141 Å². The van der Waals surface area contributed by atoms with Crippen LogP contribution in [-0.4, -0.2) is 108 Å². The molecule has 4 aromatic carbocycles. The van der Waals surface area contributed by atoms with E-state index in [1.807, 2.05) is 35.1 Å². The minimum absolute atomic E-state index is 0.0331. The zero-order chi connectivity index (χ0) is 46.1. The number of alkyl halides is 3. The monoisotopic (exact) mass is 964 g/mol. The number of nitrogens with one attached hydrogen (secondary N) is 3. The highest BCUT2D eigenvalue weighted by Gasteiger charge is 2.51. The van der Waals surface area contributed by atoms with Gasteiger partial charge in [-0.2, -0.15) is 13.2 Å². The lowest BCUT2D eigenvalue weighted by molar-refractivity contribution is -0.0436. The molecule has 2 aliphatic carbocycles. The highest BCUT2D eigenvalue weighted by atomic mass is 32.2. The molecule has 0 aromatic heterocycles. The molecule has 0 radical (unpaired) electrons. The van der Waals surface area contributed by atoms with Crippen molar-refractivity contribution in [3.8, 4) is 0 Å². The van der Waals surface area contributed by atoms with Crippen LogP contribution >= 0.6 is 11.8 Å². The molecule has 1 unspecified atom stereocenters. The second-order valence-electron chi connectivity index (χ2n) is 18.8. The zero-order valence-electron chi connectivity index (χ0n) is 37.0. The van der Waals surface area contributed by atoms with Crippen LogP contribution < -0.4 is 20.3 Å². The van der Waals surface area contributed by atoms with E-state index >= 15 is 0 Å². The molecule has 1 amide bonds. The molecule has 3 N–H and O–H groups in total. The molecule has 5 aliphatic rings. The minimum Gasteiger partial charge on any atom is -0.380 e. The molecule has 0 bridgehead atoms. The molecule has 2 saturated carbocycles. The summed E-state index contributed by atoms with van der Waals surface area (Å²) in [5.41, 5.74) is -1.71. The van der Waals surface area contributed by atoms with Gasteiger partial charge in [-0.25, -0.2) is 21.6 Å². The summed E-state index contributed by atoms with van der Waals surface area (Å²) >= 11 is 1.47. The van der Waals surface area contributed by atoms with Gasteiger partial charge in [0.15, 0.2) is 0 Å². The van der Waals surface area contributed by atoms with E-state index in [0.717, 1.165) is 87.3 Å². The first-order chi connectivity index (χ1) is 31.7. The van der Waals surface area contributed by atoms with Crippen molar-refractivity contribution in [3.05, 3.63) is 114 Å². The first-order valence-corrected chi connectivity index (χ1v) is 27.2. The third-order valence-corrected chi connectivity index (χ3v) is 18.5. The topological polar surface area (TPSA) is 131 Å². The average Bonchev–Trinajstić information content (AvgIpc) is 4.05. The van der Waals surface area contributed by atoms with Crippen molar-refractivity contribution >= 4 is 48.9 Å². The number of hydrogen-bond donors (Lipinski definition) is 3. The Bertz CT molecular complexity index is 2560. The number of hydrogen-bond acceptors (Lipinski definition) is 11. The molecule has 3 heterocycles. The smallest absolute Gasteiger partial charge is 0.380 e. The molecule has 17 heteroatoms. The second kappa shape index (κ2) is 19.5. The lowest BCUT2D eigenvalue weighted by Gasteiger charge is -2.56. The fourth-order valence-electron chi connectivity index (χ4n) is 10.6. The predicted octanol–water partition coefficient (Wildman–Crippen LogP) is 8.43. The van der Waals surface area contributed by atoms with Gasteiger partial charge in [-0.3, -0.25) is 9.69 Å². The molecule has 3 aliphatic heterocycles. The van der Waals surface area contributed by atoms with Crippen molar-refractivity contribution in [3.63, 3.8) is 0 Å². The molecule has 9 rings (SSSR count). The van der Waals surface area contributed by atoms with Gasteiger partial charge < -0.3 is 20.4 Å². The van der Waals surface area contributed by atoms with E-state index in [1.165, 1.54) is 62.4 Å². The van der Waals surface area contributed by atoms with Crippen molar-refractivity contribution in [1.29, 1.82) is 0 Å². The number of rotatable bonds is 16. The number of nitrogens with zero attached hydrogens (tertiary/aromatic N) is 3. The summed E-state index contributed by atoms with van der Waals surface area (Å²) in [6, 6.07) is 28.3. The quantitative estimate of drug-likeness (QED) is 0.0936. The molecule has 1 spiro atoms. The maximum Gasteiger partial charge on any atom is 0.501 e. The number of carbonyl (C=O) groups is 1. The van der Waals surface area contributed by atoms with Crippen LogP contribution in [0.25, 0.3) is 0 Å². The number of sulfonamides is 1. The van der Waals surface area contributed by atoms with E-state index in [9.17, 15) is 34.8 Å². The Morgan fingerprint density at radius 3 is 2.18 bits per heavy atom. The van der Waals surface area contributed by atoms with Crippen LogP contribution in [-0.2, 0) is 19.9 Å². The Balaban J connectivity index is 0.833. The molecule has 4 aromatic rings. The first kappa shape index (κ1) is 47.0. The van der Waals surface area contributed by atoms with Gasteiger partial charge in [0.05, 0.1) is 10.6 Å². The first-order valence-electron chi connectivity index (χ1n) is 23.3. The molecule has 354 valence electrons. The highest BCUT2D eigenvalue weighted by Crippen LogP contribution is 2.55. The van der Waals surface area contributed by atoms with E-state index in [1.54, 1.807) is 23.3 Å². The van der Waals surface area contributed by atoms with Crippen molar-refractivity contribution in [1.82, 2.24) is 19.8 Å². The van der Waals surface area contributed by atoms with Gasteiger partial charge in [0.1, 0.15) is 4.90 Å². The normalized spacial score (nSPS) is 21.4. The summed E-state index contributed by atoms with van der Waals surface area (Å²) in [7, 11) is -10.8. The fourth-order valence-corrected chi connectivity index (χ4v) is 13.6. The number of halogens is 3. The third-order valence-electron chi connectivity index (χ3n) is 14.4. The number of piperidine rings is 1. The van der Waals surface area contributed by atoms with Crippen LogP contribution in [0.4, 0.5) is 24.5 Å². The van der Waals surface area contributed by atoms with E-state index in [0.29, 0.717) is 42.3 Å². The van der Waals surface area contributed by atoms with Crippen LogP contribution in [0, 0.1) is 5.41 Å². The standard InChI is InChI=1S/C49H59F3N6O5S3/c50-49(51,52)65(60,61)46-31-41(18-19-44(46)54-37(20-26-56-29-23-53-24-30-56)34-64-40-7-2-1-3-8-40)66(62,63)55-47(59)36-14-16-38(17-15-36)57-27-21-48(22-28-57)32-39(33-48)58-25-6-11-45(58)43-10-5-4-9-42(43)35-12-13-35/h1-5,7-10,14-19,31,35,37,39,45,53-54H,6,11-13,20-30,32-34H2,(H,55,59)/t37?,45-/m0/s1. The number of carbonyl (C=O) groups excluding carboxylic acids is 1. The number of piperazine rings is 1. The van der Waals surface area contributed by atoms with Crippen molar-refractivity contribution in [2.45, 2.75) is 102 Å². The number of anilines is 2. The van der Waals surface area contributed by atoms with Crippen LogP contribution in [0.5, 0.6) is 0 Å². The Labute approximate surface area is 391 Å².